The Kier molecular flexibility index (Phi) is 5.58. The maximum absolute atomic E-state index is 13.8. The van der Waals surface area contributed by atoms with Crippen LogP contribution in [-0.2, 0) is 12.8 Å². The topological polar surface area (TPSA) is 26.0 Å². The fourth-order valence-electron chi connectivity index (χ4n) is 2.20. The molecule has 0 heterocycles. The Morgan fingerprint density at radius 2 is 1.80 bits per heavy atom. The third kappa shape index (κ3) is 4.30. The van der Waals surface area contributed by atoms with E-state index in [1.165, 1.54) is 11.6 Å². The minimum atomic E-state index is -0.219. The van der Waals surface area contributed by atoms with Crippen molar-refractivity contribution in [1.29, 1.82) is 0 Å². The van der Waals surface area contributed by atoms with E-state index in [4.69, 9.17) is 17.3 Å². The van der Waals surface area contributed by atoms with Gasteiger partial charge >= 0.3 is 0 Å². The Labute approximate surface area is 132 Å². The highest BCUT2D eigenvalue weighted by atomic mass is 79.9. The van der Waals surface area contributed by atoms with Gasteiger partial charge < -0.3 is 5.73 Å². The van der Waals surface area contributed by atoms with E-state index in [0.717, 1.165) is 10.9 Å². The minimum absolute atomic E-state index is 0.198. The number of halogens is 3. The molecule has 2 aromatic carbocycles. The maximum Gasteiger partial charge on any atom is 0.126 e. The lowest BCUT2D eigenvalue weighted by molar-refractivity contribution is 0.512. The molecule has 0 aromatic heterocycles. The maximum atomic E-state index is 13.8. The van der Waals surface area contributed by atoms with Crippen LogP contribution in [0.3, 0.4) is 0 Å². The van der Waals surface area contributed by atoms with E-state index in [1.54, 1.807) is 12.1 Å². The van der Waals surface area contributed by atoms with Gasteiger partial charge in [0.2, 0.25) is 0 Å². The molecule has 0 spiro atoms. The molecule has 1 unspecified atom stereocenters. The SMILES string of the molecule is NCC(Cc1ccc(Br)cc1)Cc1cc(Cl)ccc1F. The summed E-state index contributed by atoms with van der Waals surface area (Å²) in [6.07, 6.45) is 1.43. The molecule has 0 amide bonds. The van der Waals surface area contributed by atoms with Gasteiger partial charge in [-0.2, -0.15) is 0 Å². The number of hydrogen-bond donors (Lipinski definition) is 1. The summed E-state index contributed by atoms with van der Waals surface area (Å²) in [5.41, 5.74) is 7.65. The molecule has 2 rings (SSSR count). The van der Waals surface area contributed by atoms with Gasteiger partial charge in [0.15, 0.2) is 0 Å². The van der Waals surface area contributed by atoms with Gasteiger partial charge in [0, 0.05) is 9.50 Å². The zero-order valence-corrected chi connectivity index (χ0v) is 13.3. The van der Waals surface area contributed by atoms with E-state index in [0.29, 0.717) is 23.6 Å². The van der Waals surface area contributed by atoms with Crippen molar-refractivity contribution in [1.82, 2.24) is 0 Å². The third-order valence-electron chi connectivity index (χ3n) is 3.29. The molecule has 0 aliphatic rings. The fourth-order valence-corrected chi connectivity index (χ4v) is 2.66. The molecular weight excluding hydrogens is 341 g/mol. The lowest BCUT2D eigenvalue weighted by atomic mass is 9.92. The Morgan fingerprint density at radius 1 is 1.10 bits per heavy atom. The first-order valence-corrected chi connectivity index (χ1v) is 7.64. The van der Waals surface area contributed by atoms with Crippen molar-refractivity contribution >= 4 is 27.5 Å². The average molecular weight is 357 g/mol. The summed E-state index contributed by atoms with van der Waals surface area (Å²) in [4.78, 5) is 0. The molecule has 0 saturated carbocycles. The molecule has 1 nitrogen and oxygen atoms in total. The van der Waals surface area contributed by atoms with Gasteiger partial charge in [-0.05, 0) is 66.8 Å². The van der Waals surface area contributed by atoms with E-state index in [9.17, 15) is 4.39 Å². The highest BCUT2D eigenvalue weighted by molar-refractivity contribution is 9.10. The highest BCUT2D eigenvalue weighted by Crippen LogP contribution is 2.21. The monoisotopic (exact) mass is 355 g/mol. The van der Waals surface area contributed by atoms with Crippen LogP contribution in [0.1, 0.15) is 11.1 Å². The van der Waals surface area contributed by atoms with Gasteiger partial charge in [-0.3, -0.25) is 0 Å². The smallest absolute Gasteiger partial charge is 0.126 e. The quantitative estimate of drug-likeness (QED) is 0.832. The van der Waals surface area contributed by atoms with Crippen LogP contribution in [0, 0.1) is 11.7 Å². The summed E-state index contributed by atoms with van der Waals surface area (Å²) >= 11 is 9.33. The standard InChI is InChI=1S/C16H16BrClFN/c17-14-3-1-11(2-4-14)7-12(10-20)8-13-9-15(18)5-6-16(13)19/h1-6,9,12H,7-8,10,20H2. The number of hydrogen-bond acceptors (Lipinski definition) is 1. The zero-order valence-electron chi connectivity index (χ0n) is 11.0. The van der Waals surface area contributed by atoms with Crippen molar-refractivity contribution in [2.75, 3.05) is 6.54 Å². The van der Waals surface area contributed by atoms with Gasteiger partial charge in [-0.25, -0.2) is 4.39 Å². The lowest BCUT2D eigenvalue weighted by Crippen LogP contribution is -2.20. The molecule has 20 heavy (non-hydrogen) atoms. The van der Waals surface area contributed by atoms with Gasteiger partial charge in [0.05, 0.1) is 0 Å². The van der Waals surface area contributed by atoms with Crippen LogP contribution in [0.4, 0.5) is 4.39 Å². The lowest BCUT2D eigenvalue weighted by Gasteiger charge is -2.15. The predicted molar refractivity (Wildman–Crippen MR) is 85.5 cm³/mol. The second-order valence-corrected chi connectivity index (χ2v) is 6.22. The molecule has 1 atom stereocenters. The Morgan fingerprint density at radius 3 is 2.45 bits per heavy atom. The molecule has 0 bridgehead atoms. The molecule has 0 fully saturated rings. The van der Waals surface area contributed by atoms with Crippen LogP contribution in [-0.4, -0.2) is 6.54 Å². The number of nitrogens with two attached hydrogens (primary N) is 1. The van der Waals surface area contributed by atoms with E-state index >= 15 is 0 Å². The second kappa shape index (κ2) is 7.21. The van der Waals surface area contributed by atoms with Gasteiger partial charge in [0.1, 0.15) is 5.82 Å². The first-order valence-electron chi connectivity index (χ1n) is 6.47. The van der Waals surface area contributed by atoms with E-state index in [1.807, 2.05) is 12.1 Å². The zero-order chi connectivity index (χ0) is 14.5. The molecule has 106 valence electrons. The fraction of sp³-hybridized carbons (Fsp3) is 0.250. The van der Waals surface area contributed by atoms with E-state index in [2.05, 4.69) is 28.1 Å². The van der Waals surface area contributed by atoms with Crippen molar-refractivity contribution < 1.29 is 4.39 Å². The summed E-state index contributed by atoms with van der Waals surface area (Å²) in [5, 5.41) is 0.556. The van der Waals surface area contributed by atoms with Crippen molar-refractivity contribution in [3.63, 3.8) is 0 Å². The number of rotatable bonds is 5. The first kappa shape index (κ1) is 15.5. The van der Waals surface area contributed by atoms with Crippen molar-refractivity contribution in [3.05, 3.63) is 68.9 Å². The van der Waals surface area contributed by atoms with Crippen LogP contribution in [0.25, 0.3) is 0 Å². The van der Waals surface area contributed by atoms with Crippen LogP contribution in [0.5, 0.6) is 0 Å². The largest absolute Gasteiger partial charge is 0.330 e. The summed E-state index contributed by atoms with van der Waals surface area (Å²) in [6.45, 7) is 0.516. The second-order valence-electron chi connectivity index (χ2n) is 4.87. The third-order valence-corrected chi connectivity index (χ3v) is 4.05. The molecular formula is C16H16BrClFN. The Hall–Kier alpha value is -0.900. The molecule has 0 radical (unpaired) electrons. The Bertz CT molecular complexity index is 571. The average Bonchev–Trinajstić information content (AvgIpc) is 2.44. The summed E-state index contributed by atoms with van der Waals surface area (Å²) < 4.78 is 14.8. The van der Waals surface area contributed by atoms with Crippen LogP contribution < -0.4 is 5.73 Å². The normalized spacial score (nSPS) is 12.4. The van der Waals surface area contributed by atoms with Gasteiger partial charge in [-0.1, -0.05) is 39.7 Å². The highest BCUT2D eigenvalue weighted by Gasteiger charge is 2.12. The molecule has 0 saturated heterocycles. The molecule has 4 heteroatoms. The predicted octanol–water partition coefficient (Wildman–Crippen LogP) is 4.60. The van der Waals surface area contributed by atoms with Gasteiger partial charge in [-0.15, -0.1) is 0 Å². The van der Waals surface area contributed by atoms with Crippen LogP contribution >= 0.6 is 27.5 Å². The van der Waals surface area contributed by atoms with Crippen LogP contribution in [0.2, 0.25) is 5.02 Å². The first-order chi connectivity index (χ1) is 9.58. The van der Waals surface area contributed by atoms with E-state index < -0.39 is 0 Å². The molecule has 2 aromatic rings. The summed E-state index contributed by atoms with van der Waals surface area (Å²) in [5.74, 6) is -0.0206. The summed E-state index contributed by atoms with van der Waals surface area (Å²) in [6, 6.07) is 12.8. The van der Waals surface area contributed by atoms with Crippen molar-refractivity contribution in [3.8, 4) is 0 Å². The summed E-state index contributed by atoms with van der Waals surface area (Å²) in [7, 11) is 0. The molecule has 2 N–H and O–H groups in total. The number of benzene rings is 2. The molecule has 0 aliphatic carbocycles. The molecule has 0 aliphatic heterocycles. The Balaban J connectivity index is 2.08. The van der Waals surface area contributed by atoms with Gasteiger partial charge in [0.25, 0.3) is 0 Å². The van der Waals surface area contributed by atoms with E-state index in [-0.39, 0.29) is 11.7 Å². The van der Waals surface area contributed by atoms with Crippen molar-refractivity contribution in [2.45, 2.75) is 12.8 Å². The van der Waals surface area contributed by atoms with Crippen molar-refractivity contribution in [2.24, 2.45) is 11.7 Å². The van der Waals surface area contributed by atoms with Crippen LogP contribution in [0.15, 0.2) is 46.9 Å². The minimum Gasteiger partial charge on any atom is -0.330 e.